The number of carboxylic acids is 1. The molecule has 1 saturated heterocycles. The average Bonchev–Trinajstić information content (AvgIpc) is 2.95. The van der Waals surface area contributed by atoms with Gasteiger partial charge >= 0.3 is 18.0 Å². The van der Waals surface area contributed by atoms with Gasteiger partial charge in [0.15, 0.2) is 5.60 Å². The maximum atomic E-state index is 13.7. The highest BCUT2D eigenvalue weighted by Gasteiger charge is 2.50. The van der Waals surface area contributed by atoms with Crippen LogP contribution in [0.4, 0.5) is 4.79 Å². The molecule has 232 valence electrons. The van der Waals surface area contributed by atoms with Gasteiger partial charge in [0.05, 0.1) is 24.3 Å². The van der Waals surface area contributed by atoms with Gasteiger partial charge in [-0.3, -0.25) is 4.79 Å². The Labute approximate surface area is 262 Å². The van der Waals surface area contributed by atoms with Crippen LogP contribution < -0.4 is 10.1 Å². The Bertz CT molecular complexity index is 1330. The predicted octanol–water partition coefficient (Wildman–Crippen LogP) is 5.15. The van der Waals surface area contributed by atoms with Crippen molar-refractivity contribution in [1.29, 1.82) is 0 Å². The second-order valence-electron chi connectivity index (χ2n) is 11.1. The van der Waals surface area contributed by atoms with E-state index in [1.54, 1.807) is 13.8 Å². The molecule has 1 aliphatic carbocycles. The normalized spacial score (nSPS) is 21.6. The van der Waals surface area contributed by atoms with Gasteiger partial charge < -0.3 is 24.6 Å². The van der Waals surface area contributed by atoms with Crippen LogP contribution in [0.3, 0.4) is 0 Å². The first-order valence-corrected chi connectivity index (χ1v) is 16.1. The number of hydrogen-bond acceptors (Lipinski definition) is 7. The SMILES string of the molecule is CC(OC(=O)NC(CC1CC=CC(S(=O)N2CC(Oc3ccc(Br)cc3)(c3ccccc3)C2)C1)C(=O)O)OC(=O)C(C)C. The van der Waals surface area contributed by atoms with Crippen molar-refractivity contribution in [1.82, 2.24) is 9.62 Å². The molecule has 0 bridgehead atoms. The van der Waals surface area contributed by atoms with E-state index in [1.165, 1.54) is 6.92 Å². The molecule has 1 amide bonds. The predicted molar refractivity (Wildman–Crippen MR) is 164 cm³/mol. The Kier molecular flexibility index (Phi) is 11.0. The van der Waals surface area contributed by atoms with Crippen molar-refractivity contribution in [3.8, 4) is 5.75 Å². The van der Waals surface area contributed by atoms with E-state index < -0.39 is 52.9 Å². The Hall–Kier alpha value is -3.22. The number of ether oxygens (including phenoxy) is 3. The molecule has 5 atom stereocenters. The van der Waals surface area contributed by atoms with Crippen LogP contribution in [0.1, 0.15) is 45.6 Å². The summed E-state index contributed by atoms with van der Waals surface area (Å²) in [6.45, 7) is 5.54. The molecule has 12 heteroatoms. The molecule has 2 aromatic rings. The van der Waals surface area contributed by atoms with Gasteiger partial charge in [0.2, 0.25) is 6.29 Å². The van der Waals surface area contributed by atoms with E-state index in [9.17, 15) is 23.7 Å². The van der Waals surface area contributed by atoms with E-state index in [1.807, 2.05) is 71.1 Å². The molecule has 2 N–H and O–H groups in total. The van der Waals surface area contributed by atoms with Crippen LogP contribution in [0.5, 0.6) is 5.75 Å². The van der Waals surface area contributed by atoms with E-state index in [0.717, 1.165) is 10.0 Å². The first-order valence-electron chi connectivity index (χ1n) is 14.2. The largest absolute Gasteiger partial charge is 0.480 e. The van der Waals surface area contributed by atoms with Gasteiger partial charge in [0.1, 0.15) is 22.8 Å². The summed E-state index contributed by atoms with van der Waals surface area (Å²) in [5, 5.41) is 11.8. The van der Waals surface area contributed by atoms with Gasteiger partial charge in [-0.1, -0.05) is 72.3 Å². The lowest BCUT2D eigenvalue weighted by Gasteiger charge is -2.49. The number of carbonyl (C=O) groups excluding carboxylic acids is 2. The van der Waals surface area contributed by atoms with E-state index in [2.05, 4.69) is 21.2 Å². The first kappa shape index (κ1) is 32.7. The number of halogens is 1. The monoisotopic (exact) mass is 676 g/mol. The van der Waals surface area contributed by atoms with Gasteiger partial charge in [-0.2, -0.15) is 0 Å². The number of esters is 1. The summed E-state index contributed by atoms with van der Waals surface area (Å²) in [6.07, 6.45) is 2.90. The minimum atomic E-state index is -1.37. The van der Waals surface area contributed by atoms with Crippen LogP contribution in [-0.2, 0) is 35.6 Å². The van der Waals surface area contributed by atoms with Crippen LogP contribution >= 0.6 is 15.9 Å². The Morgan fingerprint density at radius 1 is 1.07 bits per heavy atom. The second kappa shape index (κ2) is 14.5. The van der Waals surface area contributed by atoms with E-state index in [4.69, 9.17) is 14.2 Å². The van der Waals surface area contributed by atoms with Crippen molar-refractivity contribution in [2.45, 2.75) is 63.2 Å². The summed E-state index contributed by atoms with van der Waals surface area (Å²) in [5.41, 5.74) is 0.348. The maximum absolute atomic E-state index is 13.7. The average molecular weight is 678 g/mol. The molecule has 1 heterocycles. The maximum Gasteiger partial charge on any atom is 0.410 e. The number of alkyl carbamates (subject to hydrolysis) is 1. The van der Waals surface area contributed by atoms with E-state index in [0.29, 0.717) is 31.7 Å². The summed E-state index contributed by atoms with van der Waals surface area (Å²) in [5.74, 6) is -1.56. The van der Waals surface area contributed by atoms with Crippen LogP contribution in [0.25, 0.3) is 0 Å². The highest BCUT2D eigenvalue weighted by molar-refractivity contribution is 9.10. The fraction of sp³-hybridized carbons (Fsp3) is 0.452. The van der Waals surface area contributed by atoms with Crippen LogP contribution in [0, 0.1) is 11.8 Å². The molecule has 10 nitrogen and oxygen atoms in total. The number of benzene rings is 2. The number of nitrogens with one attached hydrogen (secondary N) is 1. The quantitative estimate of drug-likeness (QED) is 0.179. The Morgan fingerprint density at radius 3 is 2.37 bits per heavy atom. The Balaban J connectivity index is 1.34. The number of nitrogens with zero attached hydrogens (tertiary/aromatic N) is 1. The third kappa shape index (κ3) is 8.67. The molecule has 0 spiro atoms. The highest BCUT2D eigenvalue weighted by Crippen LogP contribution is 2.40. The number of carboxylic acid groups (broad SMARTS) is 1. The molecule has 0 radical (unpaired) electrons. The summed E-state index contributed by atoms with van der Waals surface area (Å²) in [4.78, 5) is 36.0. The molecule has 0 saturated carbocycles. The standard InChI is InChI=1S/C31H37BrN2O8S/c1-20(2)29(37)40-21(3)41-30(38)33-27(28(35)36)17-22-8-7-11-26(16-22)43(39)34-18-31(19-34,23-9-5-4-6-10-23)42-25-14-12-24(32)13-15-25/h4-7,9-15,20-22,26-27H,8,16-19H2,1-3H3,(H,33,38)(H,35,36). The van der Waals surface area contributed by atoms with Gasteiger partial charge in [0, 0.05) is 11.4 Å². The van der Waals surface area contributed by atoms with Gasteiger partial charge in [-0.15, -0.1) is 0 Å². The summed E-state index contributed by atoms with van der Waals surface area (Å²) < 4.78 is 33.0. The minimum Gasteiger partial charge on any atom is -0.480 e. The lowest BCUT2D eigenvalue weighted by Crippen LogP contribution is -2.63. The molecule has 0 aromatic heterocycles. The number of carbonyl (C=O) groups is 3. The van der Waals surface area contributed by atoms with Crippen molar-refractivity contribution >= 4 is 44.9 Å². The summed E-state index contributed by atoms with van der Waals surface area (Å²) >= 11 is 3.45. The van der Waals surface area contributed by atoms with Crippen molar-refractivity contribution in [3.63, 3.8) is 0 Å². The molecule has 1 fully saturated rings. The molecule has 1 aliphatic heterocycles. The third-order valence-electron chi connectivity index (χ3n) is 7.38. The van der Waals surface area contributed by atoms with Crippen molar-refractivity contribution in [3.05, 3.63) is 76.8 Å². The molecule has 4 rings (SSSR count). The summed E-state index contributed by atoms with van der Waals surface area (Å²) in [6, 6.07) is 16.3. The molecule has 2 aliphatic rings. The molecular formula is C31H37BrN2O8S. The van der Waals surface area contributed by atoms with Crippen molar-refractivity contribution < 1.29 is 37.9 Å². The minimum absolute atomic E-state index is 0.128. The fourth-order valence-corrected chi connectivity index (χ4v) is 7.09. The molecular weight excluding hydrogens is 640 g/mol. The van der Waals surface area contributed by atoms with E-state index in [-0.39, 0.29) is 17.6 Å². The van der Waals surface area contributed by atoms with Crippen LogP contribution in [0.15, 0.2) is 71.2 Å². The van der Waals surface area contributed by atoms with Crippen molar-refractivity contribution in [2.24, 2.45) is 11.8 Å². The van der Waals surface area contributed by atoms with Gasteiger partial charge in [0.25, 0.3) is 0 Å². The highest BCUT2D eigenvalue weighted by atomic mass is 79.9. The smallest absolute Gasteiger partial charge is 0.410 e. The van der Waals surface area contributed by atoms with Crippen LogP contribution in [-0.4, -0.2) is 62.3 Å². The molecule has 2 aromatic carbocycles. The van der Waals surface area contributed by atoms with Gasteiger partial charge in [-0.25, -0.2) is 18.1 Å². The van der Waals surface area contributed by atoms with Crippen LogP contribution in [0.2, 0.25) is 0 Å². The molecule has 5 unspecified atom stereocenters. The van der Waals surface area contributed by atoms with Crippen molar-refractivity contribution in [2.75, 3.05) is 13.1 Å². The number of aliphatic carboxylic acids is 1. The Morgan fingerprint density at radius 2 is 1.74 bits per heavy atom. The lowest BCUT2D eigenvalue weighted by molar-refractivity contribution is -0.169. The zero-order valence-corrected chi connectivity index (χ0v) is 26.7. The van der Waals surface area contributed by atoms with E-state index >= 15 is 0 Å². The number of amides is 1. The lowest BCUT2D eigenvalue weighted by atomic mass is 9.87. The molecule has 43 heavy (non-hydrogen) atoms. The number of rotatable bonds is 12. The number of allylic oxidation sites excluding steroid dienone is 1. The third-order valence-corrected chi connectivity index (χ3v) is 9.54. The zero-order chi connectivity index (χ0) is 31.1. The first-order chi connectivity index (χ1) is 20.5. The van der Waals surface area contributed by atoms with Gasteiger partial charge in [-0.05, 0) is 55.0 Å². The zero-order valence-electron chi connectivity index (χ0n) is 24.3. The fourth-order valence-electron chi connectivity index (χ4n) is 5.09. The number of hydrogen-bond donors (Lipinski definition) is 2. The topological polar surface area (TPSA) is 131 Å². The second-order valence-corrected chi connectivity index (χ2v) is 13.7. The summed E-state index contributed by atoms with van der Waals surface area (Å²) in [7, 11) is -1.37.